The molecule has 0 radical (unpaired) electrons. The topological polar surface area (TPSA) is 79.5 Å². The molecule has 2 fully saturated rings. The highest BCUT2D eigenvalue weighted by Crippen LogP contribution is 2.27. The molecule has 32 heavy (non-hydrogen) atoms. The summed E-state index contributed by atoms with van der Waals surface area (Å²) in [5.74, 6) is -0.00858. The first-order valence-corrected chi connectivity index (χ1v) is 11.5. The van der Waals surface area contributed by atoms with Crippen LogP contribution in [0.3, 0.4) is 0 Å². The van der Waals surface area contributed by atoms with Crippen LogP contribution in [0.1, 0.15) is 48.4 Å². The van der Waals surface area contributed by atoms with Crippen LogP contribution < -0.4 is 5.73 Å². The van der Waals surface area contributed by atoms with Crippen molar-refractivity contribution in [1.29, 1.82) is 0 Å². The number of hydrogen-bond acceptors (Lipinski definition) is 4. The third kappa shape index (κ3) is 5.71. The number of benzene rings is 1. The number of halogens is 1. The lowest BCUT2D eigenvalue weighted by atomic mass is 9.92. The van der Waals surface area contributed by atoms with Crippen LogP contribution in [-0.4, -0.2) is 59.3 Å². The quantitative estimate of drug-likeness (QED) is 0.752. The first-order chi connectivity index (χ1) is 15.5. The molecule has 2 saturated heterocycles. The molecular formula is C25H31FN4O2. The number of rotatable bonds is 6. The van der Waals surface area contributed by atoms with E-state index in [1.807, 2.05) is 11.1 Å². The van der Waals surface area contributed by atoms with E-state index in [9.17, 15) is 14.0 Å². The third-order valence-electron chi connectivity index (χ3n) is 6.78. The van der Waals surface area contributed by atoms with Gasteiger partial charge in [0.15, 0.2) is 0 Å². The van der Waals surface area contributed by atoms with Gasteiger partial charge >= 0.3 is 0 Å². The maximum Gasteiger partial charge on any atom is 0.236 e. The molecule has 2 aliphatic heterocycles. The monoisotopic (exact) mass is 438 g/mol. The van der Waals surface area contributed by atoms with Crippen molar-refractivity contribution in [3.63, 3.8) is 0 Å². The number of likely N-dealkylation sites (tertiary alicyclic amines) is 2. The molecule has 0 aliphatic carbocycles. The Balaban J connectivity index is 1.22. The van der Waals surface area contributed by atoms with Gasteiger partial charge in [-0.25, -0.2) is 4.39 Å². The molecule has 0 atom stereocenters. The summed E-state index contributed by atoms with van der Waals surface area (Å²) < 4.78 is 13.1. The number of piperidine rings is 2. The summed E-state index contributed by atoms with van der Waals surface area (Å²) in [5, 5.41) is 0. The van der Waals surface area contributed by atoms with Gasteiger partial charge in [-0.15, -0.1) is 0 Å². The second-order valence-corrected chi connectivity index (χ2v) is 9.00. The normalized spacial score (nSPS) is 18.6. The van der Waals surface area contributed by atoms with Gasteiger partial charge in [-0.05, 0) is 74.5 Å². The number of hydrogen-bond donors (Lipinski definition) is 1. The van der Waals surface area contributed by atoms with E-state index in [1.54, 1.807) is 12.1 Å². The minimum atomic E-state index is -0.253. The zero-order valence-electron chi connectivity index (χ0n) is 18.4. The predicted molar refractivity (Wildman–Crippen MR) is 120 cm³/mol. The molecule has 3 heterocycles. The molecule has 170 valence electrons. The predicted octanol–water partition coefficient (Wildman–Crippen LogP) is 2.71. The number of aromatic nitrogens is 1. The van der Waals surface area contributed by atoms with Crippen molar-refractivity contribution in [2.45, 2.75) is 38.0 Å². The Morgan fingerprint density at radius 3 is 2.19 bits per heavy atom. The molecule has 0 unspecified atom stereocenters. The maximum absolute atomic E-state index is 13.1. The van der Waals surface area contributed by atoms with Crippen molar-refractivity contribution in [3.8, 4) is 0 Å². The third-order valence-corrected chi connectivity index (χ3v) is 6.78. The highest BCUT2D eigenvalue weighted by atomic mass is 19.1. The molecular weight excluding hydrogens is 407 g/mol. The summed E-state index contributed by atoms with van der Waals surface area (Å²) >= 11 is 0. The van der Waals surface area contributed by atoms with Crippen molar-refractivity contribution in [2.24, 2.45) is 11.7 Å². The van der Waals surface area contributed by atoms with Crippen LogP contribution >= 0.6 is 0 Å². The Kier molecular flexibility index (Phi) is 7.15. The molecule has 1 aromatic heterocycles. The Morgan fingerprint density at radius 1 is 0.938 bits per heavy atom. The molecule has 0 bridgehead atoms. The molecule has 4 rings (SSSR count). The second kappa shape index (κ2) is 10.2. The molecule has 2 amide bonds. The fraction of sp³-hybridized carbons (Fsp3) is 0.480. The number of carbonyl (C=O) groups excluding carboxylic acids is 2. The fourth-order valence-corrected chi connectivity index (χ4v) is 4.71. The van der Waals surface area contributed by atoms with Gasteiger partial charge in [0.1, 0.15) is 5.82 Å². The lowest BCUT2D eigenvalue weighted by molar-refractivity contribution is -0.136. The first kappa shape index (κ1) is 22.4. The van der Waals surface area contributed by atoms with Crippen LogP contribution in [0.2, 0.25) is 0 Å². The summed E-state index contributed by atoms with van der Waals surface area (Å²) in [4.78, 5) is 32.7. The van der Waals surface area contributed by atoms with Crippen molar-refractivity contribution in [1.82, 2.24) is 14.8 Å². The van der Waals surface area contributed by atoms with E-state index in [1.165, 1.54) is 12.1 Å². The van der Waals surface area contributed by atoms with Crippen LogP contribution in [-0.2, 0) is 16.0 Å². The van der Waals surface area contributed by atoms with E-state index in [0.717, 1.165) is 49.2 Å². The largest absolute Gasteiger partial charge is 0.369 e. The van der Waals surface area contributed by atoms with Crippen molar-refractivity contribution < 1.29 is 14.0 Å². The standard InChI is InChI=1S/C25H31FN4O2/c26-22-4-1-18(2-5-22)15-19-3-6-23(28-16-19)20-7-11-29(12-8-20)17-24(31)30-13-9-21(10-14-30)25(27)32/h1-6,16,20-21H,7-15,17H2,(H2,27,32). The SMILES string of the molecule is NC(=O)C1CCN(C(=O)CN2CCC(c3ccc(Cc4ccc(F)cc4)cn3)CC2)CC1. The smallest absolute Gasteiger partial charge is 0.236 e. The van der Waals surface area contributed by atoms with Gasteiger partial charge in [-0.2, -0.15) is 0 Å². The van der Waals surface area contributed by atoms with Gasteiger partial charge in [-0.3, -0.25) is 19.5 Å². The van der Waals surface area contributed by atoms with Gasteiger partial charge in [0.2, 0.25) is 11.8 Å². The minimum absolute atomic E-state index is 0.0932. The lowest BCUT2D eigenvalue weighted by Gasteiger charge is -2.35. The van der Waals surface area contributed by atoms with Gasteiger partial charge in [0.25, 0.3) is 0 Å². The molecule has 2 aliphatic rings. The number of pyridine rings is 1. The Morgan fingerprint density at radius 2 is 1.59 bits per heavy atom. The number of carbonyl (C=O) groups is 2. The van der Waals surface area contributed by atoms with Crippen LogP contribution in [0.5, 0.6) is 0 Å². The lowest BCUT2D eigenvalue weighted by Crippen LogP contribution is -2.47. The molecule has 6 nitrogen and oxygen atoms in total. The molecule has 7 heteroatoms. The van der Waals surface area contributed by atoms with Crippen LogP contribution in [0.15, 0.2) is 42.6 Å². The summed E-state index contributed by atoms with van der Waals surface area (Å²) in [6.07, 6.45) is 5.98. The van der Waals surface area contributed by atoms with E-state index in [2.05, 4.69) is 17.0 Å². The van der Waals surface area contributed by atoms with Gasteiger partial charge in [-0.1, -0.05) is 18.2 Å². The van der Waals surface area contributed by atoms with Gasteiger partial charge < -0.3 is 10.6 Å². The Bertz CT molecular complexity index is 916. The molecule has 2 N–H and O–H groups in total. The van der Waals surface area contributed by atoms with Crippen LogP contribution in [0, 0.1) is 11.7 Å². The van der Waals surface area contributed by atoms with E-state index < -0.39 is 0 Å². The van der Waals surface area contributed by atoms with Crippen molar-refractivity contribution in [2.75, 3.05) is 32.7 Å². The van der Waals surface area contributed by atoms with Gasteiger partial charge in [0, 0.05) is 36.8 Å². The highest BCUT2D eigenvalue weighted by molar-refractivity contribution is 5.80. The van der Waals surface area contributed by atoms with Crippen LogP contribution in [0.25, 0.3) is 0 Å². The average Bonchev–Trinajstić information content (AvgIpc) is 2.82. The van der Waals surface area contributed by atoms with Gasteiger partial charge in [0.05, 0.1) is 6.54 Å². The summed E-state index contributed by atoms with van der Waals surface area (Å²) in [6, 6.07) is 10.8. The molecule has 0 spiro atoms. The highest BCUT2D eigenvalue weighted by Gasteiger charge is 2.28. The van der Waals surface area contributed by atoms with E-state index in [-0.39, 0.29) is 23.5 Å². The number of nitrogens with zero attached hydrogens (tertiary/aromatic N) is 3. The van der Waals surface area contributed by atoms with E-state index in [4.69, 9.17) is 10.7 Å². The zero-order valence-corrected chi connectivity index (χ0v) is 18.4. The Hall–Kier alpha value is -2.80. The van der Waals surface area contributed by atoms with Crippen molar-refractivity contribution in [3.05, 3.63) is 65.2 Å². The number of amides is 2. The molecule has 2 aromatic rings. The zero-order chi connectivity index (χ0) is 22.5. The summed E-state index contributed by atoms with van der Waals surface area (Å²) in [7, 11) is 0. The van der Waals surface area contributed by atoms with Crippen molar-refractivity contribution >= 4 is 11.8 Å². The van der Waals surface area contributed by atoms with E-state index in [0.29, 0.717) is 38.4 Å². The number of primary amides is 1. The summed E-state index contributed by atoms with van der Waals surface area (Å²) in [6.45, 7) is 3.45. The van der Waals surface area contributed by atoms with Crippen LogP contribution in [0.4, 0.5) is 4.39 Å². The molecule has 0 saturated carbocycles. The summed E-state index contributed by atoms with van der Waals surface area (Å²) in [5.41, 5.74) is 8.66. The second-order valence-electron chi connectivity index (χ2n) is 9.00. The fourth-order valence-electron chi connectivity index (χ4n) is 4.71. The minimum Gasteiger partial charge on any atom is -0.369 e. The number of nitrogens with two attached hydrogens (primary N) is 1. The maximum atomic E-state index is 13.1. The first-order valence-electron chi connectivity index (χ1n) is 11.5. The molecule has 1 aromatic carbocycles. The van der Waals surface area contributed by atoms with E-state index >= 15 is 0 Å². The Labute approximate surface area is 188 Å². The average molecular weight is 439 g/mol.